The molecule has 6 heteroatoms. The molecule has 1 aromatic heterocycles. The van der Waals surface area contributed by atoms with Gasteiger partial charge in [0.25, 0.3) is 0 Å². The van der Waals surface area contributed by atoms with Crippen LogP contribution in [0.1, 0.15) is 0 Å². The van der Waals surface area contributed by atoms with Crippen molar-refractivity contribution in [2.75, 3.05) is 31.1 Å². The van der Waals surface area contributed by atoms with Crippen molar-refractivity contribution in [1.82, 2.24) is 0 Å². The molecule has 5 nitrogen and oxygen atoms in total. The highest BCUT2D eigenvalue weighted by atomic mass is 32.1. The molecule has 0 aliphatic heterocycles. The maximum absolute atomic E-state index is 5.38. The fourth-order valence-electron chi connectivity index (χ4n) is 4.22. The average molecular weight is 509 g/mol. The first-order valence-corrected chi connectivity index (χ1v) is 12.8. The monoisotopic (exact) mass is 508 g/mol. The first-order valence-electron chi connectivity index (χ1n) is 11.8. The largest absolute Gasteiger partial charge is 0.497 e. The number of anilines is 6. The van der Waals surface area contributed by atoms with Crippen molar-refractivity contribution in [2.24, 2.45) is 0 Å². The van der Waals surface area contributed by atoms with E-state index in [2.05, 4.69) is 87.3 Å². The molecule has 0 spiro atoms. The molecule has 0 radical (unpaired) electrons. The van der Waals surface area contributed by atoms with Crippen LogP contribution in [0.3, 0.4) is 0 Å². The summed E-state index contributed by atoms with van der Waals surface area (Å²) in [7, 11) is 5.04. The van der Waals surface area contributed by atoms with Gasteiger partial charge in [0.2, 0.25) is 0 Å². The van der Waals surface area contributed by atoms with E-state index in [4.69, 9.17) is 14.2 Å². The van der Waals surface area contributed by atoms with E-state index in [0.717, 1.165) is 51.4 Å². The predicted octanol–water partition coefficient (Wildman–Crippen LogP) is 8.71. The summed E-state index contributed by atoms with van der Waals surface area (Å²) in [5.41, 5.74) is 6.35. The summed E-state index contributed by atoms with van der Waals surface area (Å²) in [5.74, 6) is 2.47. The molecule has 4 aromatic carbocycles. The Morgan fingerprint density at radius 2 is 0.703 bits per heavy atom. The molecule has 0 atom stereocenters. The number of nitrogens with zero attached hydrogens (tertiary/aromatic N) is 2. The van der Waals surface area contributed by atoms with E-state index in [-0.39, 0.29) is 0 Å². The second-order valence-electron chi connectivity index (χ2n) is 8.26. The molecule has 1 heterocycles. The molecule has 0 aliphatic rings. The van der Waals surface area contributed by atoms with Crippen LogP contribution < -0.4 is 24.0 Å². The number of benzene rings is 4. The molecule has 0 saturated carbocycles. The molecule has 37 heavy (non-hydrogen) atoms. The van der Waals surface area contributed by atoms with Crippen LogP contribution in [-0.4, -0.2) is 21.3 Å². The molecule has 5 rings (SSSR count). The van der Waals surface area contributed by atoms with E-state index in [1.807, 2.05) is 36.4 Å². The molecule has 0 amide bonds. The number of hydrogen-bond donors (Lipinski definition) is 0. The van der Waals surface area contributed by atoms with Gasteiger partial charge in [-0.3, -0.25) is 0 Å². The van der Waals surface area contributed by atoms with Gasteiger partial charge in [-0.1, -0.05) is 0 Å². The van der Waals surface area contributed by atoms with E-state index in [1.165, 1.54) is 0 Å². The Balaban J connectivity index is 1.54. The maximum atomic E-state index is 5.38. The molecule has 0 saturated heterocycles. The zero-order valence-corrected chi connectivity index (χ0v) is 21.8. The van der Waals surface area contributed by atoms with E-state index in [1.54, 1.807) is 32.7 Å². The SMILES string of the molecule is COc1ccc(N(c2ccc(OC)cc2)c2ccc(N(c3ccc(OC)cc3)c3ccsc3)cc2)cc1. The number of thiophene rings is 1. The highest BCUT2D eigenvalue weighted by Crippen LogP contribution is 2.40. The third-order valence-electron chi connectivity index (χ3n) is 6.12. The summed E-state index contributed by atoms with van der Waals surface area (Å²) >= 11 is 1.68. The van der Waals surface area contributed by atoms with Crippen LogP contribution in [-0.2, 0) is 0 Å². The number of methoxy groups -OCH3 is 3. The van der Waals surface area contributed by atoms with Crippen molar-refractivity contribution in [2.45, 2.75) is 0 Å². The lowest BCUT2D eigenvalue weighted by molar-refractivity contribution is 0.414. The first kappa shape index (κ1) is 24.3. The lowest BCUT2D eigenvalue weighted by atomic mass is 10.1. The Morgan fingerprint density at radius 3 is 0.973 bits per heavy atom. The Labute approximate surface area is 221 Å². The Hall–Kier alpha value is -4.42. The molecule has 0 bridgehead atoms. The van der Waals surface area contributed by atoms with Crippen molar-refractivity contribution in [3.8, 4) is 17.2 Å². The third-order valence-corrected chi connectivity index (χ3v) is 6.79. The van der Waals surface area contributed by atoms with E-state index < -0.39 is 0 Å². The maximum Gasteiger partial charge on any atom is 0.119 e. The fraction of sp³-hybridized carbons (Fsp3) is 0.0968. The van der Waals surface area contributed by atoms with Crippen LogP contribution in [0.25, 0.3) is 0 Å². The van der Waals surface area contributed by atoms with Crippen LogP contribution in [0, 0.1) is 0 Å². The standard InChI is InChI=1S/C31H28N2O3S/c1-34-29-14-8-25(9-15-29)32(26-10-16-30(35-2)17-11-26)23-4-6-24(7-5-23)33(28-20-21-37-22-28)27-12-18-31(36-3)19-13-27/h4-22H,1-3H3. The van der Waals surface area contributed by atoms with Gasteiger partial charge in [0.1, 0.15) is 17.2 Å². The second kappa shape index (κ2) is 11.1. The van der Waals surface area contributed by atoms with Gasteiger partial charge in [-0.05, 0) is 109 Å². The van der Waals surface area contributed by atoms with Gasteiger partial charge in [-0.2, -0.15) is 11.3 Å². The zero-order valence-electron chi connectivity index (χ0n) is 21.0. The second-order valence-corrected chi connectivity index (χ2v) is 9.04. The summed E-state index contributed by atoms with van der Waals surface area (Å²) in [6.07, 6.45) is 0. The van der Waals surface area contributed by atoms with Gasteiger partial charge in [0, 0.05) is 33.8 Å². The lowest BCUT2D eigenvalue weighted by Gasteiger charge is -2.28. The zero-order chi connectivity index (χ0) is 25.6. The van der Waals surface area contributed by atoms with Crippen LogP contribution in [0.2, 0.25) is 0 Å². The lowest BCUT2D eigenvalue weighted by Crippen LogP contribution is -2.11. The van der Waals surface area contributed by atoms with Crippen LogP contribution in [0.15, 0.2) is 114 Å². The minimum Gasteiger partial charge on any atom is -0.497 e. The number of hydrogen-bond acceptors (Lipinski definition) is 6. The number of ether oxygens (including phenoxy) is 3. The molecular formula is C31H28N2O3S. The first-order chi connectivity index (χ1) is 18.2. The van der Waals surface area contributed by atoms with E-state index >= 15 is 0 Å². The summed E-state index contributed by atoms with van der Waals surface area (Å²) in [5, 5.41) is 4.24. The highest BCUT2D eigenvalue weighted by molar-refractivity contribution is 7.08. The number of rotatable bonds is 9. The molecule has 0 aliphatic carbocycles. The van der Waals surface area contributed by atoms with Gasteiger partial charge in [0.15, 0.2) is 0 Å². The Morgan fingerprint density at radius 1 is 0.405 bits per heavy atom. The topological polar surface area (TPSA) is 34.2 Å². The minimum atomic E-state index is 0.819. The quantitative estimate of drug-likeness (QED) is 0.199. The molecule has 0 N–H and O–H groups in total. The highest BCUT2D eigenvalue weighted by Gasteiger charge is 2.16. The molecule has 0 unspecified atom stereocenters. The van der Waals surface area contributed by atoms with E-state index in [9.17, 15) is 0 Å². The van der Waals surface area contributed by atoms with Gasteiger partial charge in [0.05, 0.1) is 27.0 Å². The summed E-state index contributed by atoms with van der Waals surface area (Å²) in [6.45, 7) is 0. The van der Waals surface area contributed by atoms with Gasteiger partial charge >= 0.3 is 0 Å². The van der Waals surface area contributed by atoms with Gasteiger partial charge in [-0.25, -0.2) is 0 Å². The van der Waals surface area contributed by atoms with Crippen molar-refractivity contribution < 1.29 is 14.2 Å². The summed E-state index contributed by atoms with van der Waals surface area (Å²) in [4.78, 5) is 4.45. The van der Waals surface area contributed by atoms with Crippen LogP contribution in [0.5, 0.6) is 17.2 Å². The van der Waals surface area contributed by atoms with Crippen molar-refractivity contribution in [1.29, 1.82) is 0 Å². The van der Waals surface area contributed by atoms with Crippen LogP contribution in [0.4, 0.5) is 34.1 Å². The van der Waals surface area contributed by atoms with Gasteiger partial charge in [-0.15, -0.1) is 0 Å². The van der Waals surface area contributed by atoms with E-state index in [0.29, 0.717) is 0 Å². The average Bonchev–Trinajstić information content (AvgIpc) is 3.50. The van der Waals surface area contributed by atoms with Crippen molar-refractivity contribution in [3.63, 3.8) is 0 Å². The molecule has 0 fully saturated rings. The predicted molar refractivity (Wildman–Crippen MR) is 153 cm³/mol. The summed E-state index contributed by atoms with van der Waals surface area (Å²) < 4.78 is 16.1. The molecule has 186 valence electrons. The third kappa shape index (κ3) is 5.25. The van der Waals surface area contributed by atoms with Gasteiger partial charge < -0.3 is 24.0 Å². The molecule has 5 aromatic rings. The normalized spacial score (nSPS) is 10.6. The fourth-order valence-corrected chi connectivity index (χ4v) is 4.84. The minimum absolute atomic E-state index is 0.819. The van der Waals surface area contributed by atoms with Crippen LogP contribution >= 0.6 is 11.3 Å². The smallest absolute Gasteiger partial charge is 0.119 e. The molecular weight excluding hydrogens is 480 g/mol. The Bertz CT molecular complexity index is 1350. The summed E-state index contributed by atoms with van der Waals surface area (Å²) in [6, 6.07) is 35.0. The van der Waals surface area contributed by atoms with Crippen molar-refractivity contribution in [3.05, 3.63) is 114 Å². The van der Waals surface area contributed by atoms with Crippen molar-refractivity contribution >= 4 is 45.5 Å². The Kier molecular flexibility index (Phi) is 7.28.